The van der Waals surface area contributed by atoms with Crippen molar-refractivity contribution in [1.82, 2.24) is 35.1 Å². The number of carbonyl (C=O) groups is 5. The third-order valence-electron chi connectivity index (χ3n) is 13.0. The number of hydrazine groups is 1. The minimum Gasteiger partial charge on any atom is -0.465 e. The summed E-state index contributed by atoms with van der Waals surface area (Å²) in [6, 6.07) is 15.7. The van der Waals surface area contributed by atoms with Gasteiger partial charge in [-0.25, -0.2) is 9.82 Å². The van der Waals surface area contributed by atoms with Crippen molar-refractivity contribution in [3.05, 3.63) is 90.3 Å². The number of hydrogen-bond donors (Lipinski definition) is 2. The zero-order valence-corrected chi connectivity index (χ0v) is 40.6. The predicted molar refractivity (Wildman–Crippen MR) is 257 cm³/mol. The SMILES string of the molecule is C=CC(=O)N1CC[C@H](C(=O)N(C)[C@H](C(=O)N[C@@H](Cc2cccc(-c3ccc4c(c3)c(CC(C)(C)COC(C)=O)c(-c3cccnc3[C@H](C)OC)n4C(C)F)c2)C(=O)N2CCCCN2)C(C)C)C1. The lowest BCUT2D eigenvalue weighted by molar-refractivity contribution is -0.146. The van der Waals surface area contributed by atoms with Crippen LogP contribution in [0.15, 0.2) is 73.4 Å². The number of nitrogens with one attached hydrogen (secondary N) is 2. The number of esters is 1. The lowest BCUT2D eigenvalue weighted by Gasteiger charge is -2.35. The molecule has 0 radical (unpaired) electrons. The second-order valence-electron chi connectivity index (χ2n) is 19.1. The van der Waals surface area contributed by atoms with Crippen LogP contribution in [0.25, 0.3) is 33.3 Å². The molecule has 2 fully saturated rings. The van der Waals surface area contributed by atoms with Crippen LogP contribution >= 0.6 is 0 Å². The van der Waals surface area contributed by atoms with E-state index in [2.05, 4.69) is 23.4 Å². The van der Waals surface area contributed by atoms with Crippen LogP contribution in [0.4, 0.5) is 4.39 Å². The van der Waals surface area contributed by atoms with Gasteiger partial charge in [-0.05, 0) is 98.0 Å². The summed E-state index contributed by atoms with van der Waals surface area (Å²) in [5.74, 6) is -2.32. The number of amides is 4. The second kappa shape index (κ2) is 21.8. The van der Waals surface area contributed by atoms with E-state index in [1.807, 2.05) is 83.1 Å². The minimum atomic E-state index is -1.42. The third-order valence-corrected chi connectivity index (χ3v) is 13.0. The number of aromatic nitrogens is 2. The number of hydrogen-bond acceptors (Lipinski definition) is 9. The van der Waals surface area contributed by atoms with Crippen LogP contribution in [0.1, 0.15) is 96.9 Å². The van der Waals surface area contributed by atoms with Crippen LogP contribution in [-0.4, -0.2) is 113 Å². The number of likely N-dealkylation sites (N-methyl/N-ethyl adjacent to an activating group) is 1. The van der Waals surface area contributed by atoms with Crippen molar-refractivity contribution in [2.45, 2.75) is 105 Å². The summed E-state index contributed by atoms with van der Waals surface area (Å²) >= 11 is 0. The van der Waals surface area contributed by atoms with Gasteiger partial charge in [-0.3, -0.25) is 34.0 Å². The molecule has 0 spiro atoms. The molecule has 4 heterocycles. The molecular formula is C52H68FN7O7. The van der Waals surface area contributed by atoms with E-state index < -0.39 is 35.6 Å². The van der Waals surface area contributed by atoms with E-state index in [4.69, 9.17) is 14.5 Å². The minimum absolute atomic E-state index is 0.154. The van der Waals surface area contributed by atoms with Crippen molar-refractivity contribution in [1.29, 1.82) is 0 Å². The van der Waals surface area contributed by atoms with Crippen LogP contribution in [0.2, 0.25) is 0 Å². The third kappa shape index (κ3) is 11.6. The van der Waals surface area contributed by atoms with Gasteiger partial charge in [-0.2, -0.15) is 0 Å². The predicted octanol–water partition coefficient (Wildman–Crippen LogP) is 7.37. The number of methoxy groups -OCH3 is 1. The lowest BCUT2D eigenvalue weighted by atomic mass is 9.84. The number of ether oxygens (including phenoxy) is 2. The van der Waals surface area contributed by atoms with Crippen LogP contribution in [0.5, 0.6) is 0 Å². The number of alkyl halides is 1. The van der Waals surface area contributed by atoms with Crippen molar-refractivity contribution in [2.75, 3.05) is 46.9 Å². The summed E-state index contributed by atoms with van der Waals surface area (Å²) < 4.78 is 29.1. The van der Waals surface area contributed by atoms with Crippen molar-refractivity contribution in [3.63, 3.8) is 0 Å². The molecule has 14 nitrogen and oxygen atoms in total. The number of halogens is 1. The standard InChI is InChI=1S/C52H68FN7O7/c1-11-45(62)58-25-21-39(30-58)50(64)57(9)47(32(2)3)49(63)56-43(51(65)59-24-13-12-23-55-59)27-36-16-14-17-37(26-36)38-19-20-44-41(28-38)42(29-52(7,8)31-67-35(6)61)48(60(44)34(5)53)40-18-15-22-54-46(40)33(4)66-10/h11,14-20,22,26,28,32-34,39,43,47,55H,1,12-13,21,23-25,27,29-31H2,2-10H3,(H,56,63)/t33-,34?,39-,43-,47-/m0/s1. The van der Waals surface area contributed by atoms with Gasteiger partial charge in [0.25, 0.3) is 5.91 Å². The molecule has 0 bridgehead atoms. The van der Waals surface area contributed by atoms with Gasteiger partial charge in [0.05, 0.1) is 35.5 Å². The maximum absolute atomic E-state index is 16.2. The van der Waals surface area contributed by atoms with E-state index >= 15 is 4.39 Å². The van der Waals surface area contributed by atoms with E-state index in [-0.39, 0.29) is 55.3 Å². The summed E-state index contributed by atoms with van der Waals surface area (Å²) in [6.07, 6.45) is 3.95. The van der Waals surface area contributed by atoms with Gasteiger partial charge >= 0.3 is 5.97 Å². The van der Waals surface area contributed by atoms with Gasteiger partial charge in [0, 0.05) is 76.2 Å². The van der Waals surface area contributed by atoms with Crippen molar-refractivity contribution in [2.24, 2.45) is 17.3 Å². The Bertz CT molecular complexity index is 2460. The molecule has 67 heavy (non-hydrogen) atoms. The van der Waals surface area contributed by atoms with Gasteiger partial charge in [0.15, 0.2) is 6.30 Å². The molecule has 360 valence electrons. The summed E-state index contributed by atoms with van der Waals surface area (Å²) in [6.45, 7) is 18.1. The normalized spacial score (nSPS) is 17.2. The van der Waals surface area contributed by atoms with Gasteiger partial charge in [0.2, 0.25) is 17.7 Å². The molecule has 4 aromatic rings. The van der Waals surface area contributed by atoms with Crippen LogP contribution in [0.3, 0.4) is 0 Å². The molecule has 5 atom stereocenters. The first kappa shape index (κ1) is 50.5. The number of fused-ring (bicyclic) bond motifs is 1. The first-order valence-electron chi connectivity index (χ1n) is 23.4. The average Bonchev–Trinajstić information content (AvgIpc) is 3.93. The van der Waals surface area contributed by atoms with Gasteiger partial charge < -0.3 is 29.2 Å². The fraction of sp³-hybridized carbons (Fsp3) is 0.500. The van der Waals surface area contributed by atoms with Gasteiger partial charge in [-0.15, -0.1) is 0 Å². The van der Waals surface area contributed by atoms with Crippen molar-refractivity contribution < 1.29 is 37.8 Å². The molecule has 15 heteroatoms. The van der Waals surface area contributed by atoms with E-state index in [9.17, 15) is 24.0 Å². The molecule has 2 saturated heterocycles. The topological polar surface area (TPSA) is 155 Å². The Balaban J connectivity index is 1.37. The number of likely N-dealkylation sites (tertiary alicyclic amines) is 1. The molecule has 2 aromatic carbocycles. The quantitative estimate of drug-likeness (QED) is 0.0769. The Morgan fingerprint density at radius 3 is 2.43 bits per heavy atom. The molecule has 6 rings (SSSR count). The molecule has 2 aliphatic heterocycles. The molecule has 0 saturated carbocycles. The van der Waals surface area contributed by atoms with Crippen molar-refractivity contribution >= 4 is 40.5 Å². The zero-order chi connectivity index (χ0) is 48.7. The van der Waals surface area contributed by atoms with E-state index in [1.54, 1.807) is 34.8 Å². The van der Waals surface area contributed by atoms with Crippen LogP contribution in [0, 0.1) is 17.3 Å². The van der Waals surface area contributed by atoms with E-state index in [1.165, 1.54) is 24.8 Å². The van der Waals surface area contributed by atoms with E-state index in [0.29, 0.717) is 49.4 Å². The Labute approximate surface area is 394 Å². The lowest BCUT2D eigenvalue weighted by Crippen LogP contribution is -2.59. The molecule has 2 aromatic heterocycles. The Kier molecular flexibility index (Phi) is 16.4. The van der Waals surface area contributed by atoms with Crippen LogP contribution in [-0.2, 0) is 46.3 Å². The summed E-state index contributed by atoms with van der Waals surface area (Å²) in [4.78, 5) is 74.6. The maximum atomic E-state index is 16.2. The zero-order valence-electron chi connectivity index (χ0n) is 40.6. The summed E-state index contributed by atoms with van der Waals surface area (Å²) in [5.41, 5.74) is 8.78. The average molecular weight is 922 g/mol. The number of carbonyl (C=O) groups excluding carboxylic acids is 5. The highest BCUT2D eigenvalue weighted by atomic mass is 19.1. The number of rotatable bonds is 18. The first-order chi connectivity index (χ1) is 31.8. The Hall–Kier alpha value is -5.93. The molecule has 2 N–H and O–H groups in total. The largest absolute Gasteiger partial charge is 0.465 e. The second-order valence-corrected chi connectivity index (χ2v) is 19.1. The monoisotopic (exact) mass is 922 g/mol. The smallest absolute Gasteiger partial charge is 0.302 e. The van der Waals surface area contributed by atoms with Gasteiger partial charge in [-0.1, -0.05) is 64.6 Å². The molecular weight excluding hydrogens is 854 g/mol. The Morgan fingerprint density at radius 1 is 1.03 bits per heavy atom. The Morgan fingerprint density at radius 2 is 1.78 bits per heavy atom. The first-order valence-corrected chi connectivity index (χ1v) is 23.4. The number of pyridine rings is 1. The van der Waals surface area contributed by atoms with Crippen LogP contribution < -0.4 is 10.7 Å². The van der Waals surface area contributed by atoms with Crippen molar-refractivity contribution in [3.8, 4) is 22.4 Å². The summed E-state index contributed by atoms with van der Waals surface area (Å²) in [7, 11) is 3.23. The molecule has 1 unspecified atom stereocenters. The van der Waals surface area contributed by atoms with E-state index in [0.717, 1.165) is 46.0 Å². The number of nitrogens with zero attached hydrogens (tertiary/aromatic N) is 5. The highest BCUT2D eigenvalue weighted by molar-refractivity contribution is 5.96. The highest BCUT2D eigenvalue weighted by Gasteiger charge is 2.39. The molecule has 2 aliphatic rings. The molecule has 0 aliphatic carbocycles. The maximum Gasteiger partial charge on any atom is 0.302 e. The highest BCUT2D eigenvalue weighted by Crippen LogP contribution is 2.43. The summed E-state index contributed by atoms with van der Waals surface area (Å²) in [5, 5.41) is 5.47. The fourth-order valence-electron chi connectivity index (χ4n) is 9.56. The van der Waals surface area contributed by atoms with Gasteiger partial charge in [0.1, 0.15) is 12.1 Å². The fourth-order valence-corrected chi connectivity index (χ4v) is 9.56. The molecule has 4 amide bonds. The number of benzene rings is 2.